The highest BCUT2D eigenvalue weighted by Crippen LogP contribution is 2.36. The highest BCUT2D eigenvalue weighted by atomic mass is 79.9. The minimum absolute atomic E-state index is 0.108. The first kappa shape index (κ1) is 14.7. The molecule has 1 aliphatic heterocycles. The van der Waals surface area contributed by atoms with Crippen LogP contribution >= 0.6 is 27.5 Å². The van der Waals surface area contributed by atoms with Crippen molar-refractivity contribution in [2.75, 3.05) is 16.6 Å². The summed E-state index contributed by atoms with van der Waals surface area (Å²) in [4.78, 5) is 0.108. The van der Waals surface area contributed by atoms with E-state index in [-0.39, 0.29) is 9.92 Å². The minimum atomic E-state index is -3.67. The summed E-state index contributed by atoms with van der Waals surface area (Å²) < 4.78 is 27.7. The van der Waals surface area contributed by atoms with Gasteiger partial charge >= 0.3 is 0 Å². The zero-order valence-electron chi connectivity index (χ0n) is 10.9. The van der Waals surface area contributed by atoms with E-state index in [1.165, 1.54) is 10.4 Å². The molecule has 1 aliphatic rings. The molecule has 0 saturated heterocycles. The molecule has 1 heterocycles. The third kappa shape index (κ3) is 2.52. The summed E-state index contributed by atoms with van der Waals surface area (Å²) in [5, 5.41) is 0.202. The van der Waals surface area contributed by atoms with Crippen molar-refractivity contribution in [3.63, 3.8) is 0 Å². The van der Waals surface area contributed by atoms with Crippen molar-refractivity contribution in [2.24, 2.45) is 0 Å². The number of anilines is 2. The van der Waals surface area contributed by atoms with E-state index >= 15 is 0 Å². The lowest BCUT2D eigenvalue weighted by Crippen LogP contribution is -2.29. The predicted octanol–water partition coefficient (Wildman–Crippen LogP) is 3.44. The van der Waals surface area contributed by atoms with Crippen molar-refractivity contribution in [1.29, 1.82) is 0 Å². The van der Waals surface area contributed by atoms with Crippen LogP contribution in [-0.2, 0) is 16.4 Å². The number of hydrogen-bond acceptors (Lipinski definition) is 3. The second-order valence-corrected chi connectivity index (χ2v) is 7.94. The van der Waals surface area contributed by atoms with Gasteiger partial charge in [-0.3, -0.25) is 4.31 Å². The van der Waals surface area contributed by atoms with Gasteiger partial charge in [-0.05, 0) is 48.4 Å². The average molecular weight is 388 g/mol. The Hall–Kier alpha value is -1.24. The second-order valence-electron chi connectivity index (χ2n) is 4.79. The summed E-state index contributed by atoms with van der Waals surface area (Å²) in [6.07, 6.45) is 0.647. The molecule has 0 radical (unpaired) electrons. The van der Waals surface area contributed by atoms with E-state index in [9.17, 15) is 8.42 Å². The quantitative estimate of drug-likeness (QED) is 0.803. The molecule has 2 aromatic rings. The Morgan fingerprint density at radius 1 is 1.19 bits per heavy atom. The van der Waals surface area contributed by atoms with Crippen LogP contribution in [0.3, 0.4) is 0 Å². The van der Waals surface area contributed by atoms with E-state index in [1.807, 2.05) is 6.07 Å². The van der Waals surface area contributed by atoms with E-state index < -0.39 is 10.0 Å². The summed E-state index contributed by atoms with van der Waals surface area (Å²) in [5.41, 5.74) is 7.98. The maximum absolute atomic E-state index is 12.8. The molecule has 3 rings (SSSR count). The molecule has 0 bridgehead atoms. The molecular formula is C14H12BrClN2O2S. The number of rotatable bonds is 2. The van der Waals surface area contributed by atoms with Crippen molar-refractivity contribution < 1.29 is 8.42 Å². The number of nitrogen functional groups attached to an aromatic ring is 1. The smallest absolute Gasteiger partial charge is 0.265 e. The Kier molecular flexibility index (Phi) is 3.63. The van der Waals surface area contributed by atoms with Gasteiger partial charge in [0, 0.05) is 16.7 Å². The van der Waals surface area contributed by atoms with Crippen LogP contribution in [-0.4, -0.2) is 15.0 Å². The average Bonchev–Trinajstić information content (AvgIpc) is 2.81. The lowest BCUT2D eigenvalue weighted by atomic mass is 10.1. The molecule has 7 heteroatoms. The van der Waals surface area contributed by atoms with Gasteiger partial charge in [-0.2, -0.15) is 0 Å². The third-order valence-corrected chi connectivity index (χ3v) is 6.21. The molecule has 0 aromatic heterocycles. The molecule has 0 saturated carbocycles. The van der Waals surface area contributed by atoms with Gasteiger partial charge in [0.15, 0.2) is 0 Å². The van der Waals surface area contributed by atoms with Crippen molar-refractivity contribution in [1.82, 2.24) is 0 Å². The summed E-state index contributed by atoms with van der Waals surface area (Å²) in [5.74, 6) is 0. The SMILES string of the molecule is Nc1ccc2c(c1)CCN2S(=O)(=O)c1ccc(Br)cc1Cl. The van der Waals surface area contributed by atoms with Crippen LogP contribution in [0.4, 0.5) is 11.4 Å². The number of nitrogens with two attached hydrogens (primary N) is 1. The van der Waals surface area contributed by atoms with Gasteiger partial charge in [0.2, 0.25) is 0 Å². The maximum Gasteiger partial charge on any atom is 0.265 e. The van der Waals surface area contributed by atoms with Crippen molar-refractivity contribution in [2.45, 2.75) is 11.3 Å². The fraction of sp³-hybridized carbons (Fsp3) is 0.143. The lowest BCUT2D eigenvalue weighted by molar-refractivity contribution is 0.592. The third-order valence-electron chi connectivity index (χ3n) is 3.42. The van der Waals surface area contributed by atoms with Crippen LogP contribution in [0.5, 0.6) is 0 Å². The number of benzene rings is 2. The Bertz CT molecular complexity index is 824. The summed E-state index contributed by atoms with van der Waals surface area (Å²) in [7, 11) is -3.67. The number of halogens is 2. The van der Waals surface area contributed by atoms with Crippen LogP contribution in [0.1, 0.15) is 5.56 Å². The van der Waals surface area contributed by atoms with Gasteiger partial charge in [-0.25, -0.2) is 8.42 Å². The molecule has 0 amide bonds. The fourth-order valence-corrected chi connectivity index (χ4v) is 4.96. The van der Waals surface area contributed by atoms with Crippen molar-refractivity contribution in [3.05, 3.63) is 51.5 Å². The van der Waals surface area contributed by atoms with Crippen molar-refractivity contribution in [3.8, 4) is 0 Å². The first-order valence-electron chi connectivity index (χ1n) is 6.26. The monoisotopic (exact) mass is 386 g/mol. The largest absolute Gasteiger partial charge is 0.399 e. The van der Waals surface area contributed by atoms with E-state index in [2.05, 4.69) is 15.9 Å². The standard InChI is InChI=1S/C14H12BrClN2O2S/c15-10-1-4-14(12(16)8-10)21(19,20)18-6-5-9-7-11(17)2-3-13(9)18/h1-4,7-8H,5-6,17H2. The van der Waals surface area contributed by atoms with Crippen LogP contribution < -0.4 is 10.0 Å². The van der Waals surface area contributed by atoms with Gasteiger partial charge < -0.3 is 5.73 Å². The topological polar surface area (TPSA) is 63.4 Å². The molecule has 4 nitrogen and oxygen atoms in total. The normalized spacial score (nSPS) is 14.3. The van der Waals surface area contributed by atoms with Gasteiger partial charge in [0.25, 0.3) is 10.0 Å². The summed E-state index contributed by atoms with van der Waals surface area (Å²) in [6.45, 7) is 0.396. The Balaban J connectivity index is 2.09. The zero-order chi connectivity index (χ0) is 15.2. The van der Waals surface area contributed by atoms with Crippen LogP contribution in [0.2, 0.25) is 5.02 Å². The predicted molar refractivity (Wildman–Crippen MR) is 88.2 cm³/mol. The Morgan fingerprint density at radius 2 is 1.95 bits per heavy atom. The number of fused-ring (bicyclic) bond motifs is 1. The number of hydrogen-bond donors (Lipinski definition) is 1. The zero-order valence-corrected chi connectivity index (χ0v) is 14.0. The first-order valence-corrected chi connectivity index (χ1v) is 8.87. The van der Waals surface area contributed by atoms with Gasteiger partial charge in [0.05, 0.1) is 10.7 Å². The van der Waals surface area contributed by atoms with Gasteiger partial charge in [0.1, 0.15) is 4.90 Å². The van der Waals surface area contributed by atoms with Crippen LogP contribution in [0, 0.1) is 0 Å². The molecule has 0 fully saturated rings. The molecule has 2 aromatic carbocycles. The molecular weight excluding hydrogens is 376 g/mol. The summed E-state index contributed by atoms with van der Waals surface area (Å²) in [6, 6.07) is 10.0. The summed E-state index contributed by atoms with van der Waals surface area (Å²) >= 11 is 9.36. The Morgan fingerprint density at radius 3 is 2.67 bits per heavy atom. The number of nitrogens with zero attached hydrogens (tertiary/aromatic N) is 1. The molecule has 0 unspecified atom stereocenters. The maximum atomic E-state index is 12.8. The highest BCUT2D eigenvalue weighted by molar-refractivity contribution is 9.10. The van der Waals surface area contributed by atoms with Gasteiger partial charge in [-0.15, -0.1) is 0 Å². The molecule has 110 valence electrons. The van der Waals surface area contributed by atoms with Crippen LogP contribution in [0.25, 0.3) is 0 Å². The van der Waals surface area contributed by atoms with Gasteiger partial charge in [-0.1, -0.05) is 27.5 Å². The molecule has 2 N–H and O–H groups in total. The van der Waals surface area contributed by atoms with Crippen LogP contribution in [0.15, 0.2) is 45.8 Å². The highest BCUT2D eigenvalue weighted by Gasteiger charge is 2.32. The molecule has 0 aliphatic carbocycles. The lowest BCUT2D eigenvalue weighted by Gasteiger charge is -2.20. The van der Waals surface area contributed by atoms with Crippen molar-refractivity contribution >= 4 is 48.9 Å². The molecule has 0 atom stereocenters. The van der Waals surface area contributed by atoms with E-state index in [0.29, 0.717) is 24.3 Å². The van der Waals surface area contributed by atoms with E-state index in [4.69, 9.17) is 17.3 Å². The second kappa shape index (κ2) is 5.19. The fourth-order valence-electron chi connectivity index (χ4n) is 2.44. The molecule has 21 heavy (non-hydrogen) atoms. The number of sulfonamides is 1. The first-order chi connectivity index (χ1) is 9.89. The van der Waals surface area contributed by atoms with E-state index in [1.54, 1.807) is 24.3 Å². The Labute approximate surface area is 136 Å². The van der Waals surface area contributed by atoms with E-state index in [0.717, 1.165) is 10.0 Å². The molecule has 0 spiro atoms. The minimum Gasteiger partial charge on any atom is -0.399 e.